The van der Waals surface area contributed by atoms with Crippen molar-refractivity contribution in [2.24, 2.45) is 10.4 Å². The van der Waals surface area contributed by atoms with Gasteiger partial charge in [0.2, 0.25) is 5.91 Å². The van der Waals surface area contributed by atoms with Crippen LogP contribution in [0.1, 0.15) is 33.6 Å². The zero-order valence-corrected chi connectivity index (χ0v) is 23.7. The minimum Gasteiger partial charge on any atom is -0.494 e. The molecule has 10 nitrogen and oxygen atoms in total. The van der Waals surface area contributed by atoms with Crippen LogP contribution in [0.4, 0.5) is 21.5 Å². The number of rotatable bonds is 13. The first kappa shape index (κ1) is 30.0. The Hall–Kier alpha value is -3.93. The van der Waals surface area contributed by atoms with Gasteiger partial charge in [-0.3, -0.25) is 4.79 Å². The summed E-state index contributed by atoms with van der Waals surface area (Å²) >= 11 is 0. The van der Waals surface area contributed by atoms with Gasteiger partial charge in [-0.2, -0.15) is 0 Å². The first-order valence-corrected chi connectivity index (χ1v) is 13.6. The lowest BCUT2D eigenvalue weighted by molar-refractivity contribution is -0.418. The van der Waals surface area contributed by atoms with E-state index in [4.69, 9.17) is 18.9 Å². The summed E-state index contributed by atoms with van der Waals surface area (Å²) in [7, 11) is 0. The molecule has 0 bridgehead atoms. The SMILES string of the molecule is C=CC(=O)Nc1cccc(NC2=C(F)C=NC(Nc3ccc(OCCCOC4(CC)OCC(C)(C)CO4)cc3)N2)c1. The van der Waals surface area contributed by atoms with E-state index in [9.17, 15) is 9.18 Å². The molecule has 0 aromatic heterocycles. The number of benzene rings is 2. The molecule has 11 heteroatoms. The van der Waals surface area contributed by atoms with Crippen molar-refractivity contribution in [1.29, 1.82) is 0 Å². The highest BCUT2D eigenvalue weighted by Gasteiger charge is 2.40. The Kier molecular flexibility index (Phi) is 9.98. The first-order valence-electron chi connectivity index (χ1n) is 13.6. The zero-order valence-electron chi connectivity index (χ0n) is 23.7. The highest BCUT2D eigenvalue weighted by Crippen LogP contribution is 2.32. The predicted molar refractivity (Wildman–Crippen MR) is 157 cm³/mol. The van der Waals surface area contributed by atoms with E-state index in [1.807, 2.05) is 31.2 Å². The lowest BCUT2D eigenvalue weighted by Crippen LogP contribution is -2.49. The molecule has 2 heterocycles. The van der Waals surface area contributed by atoms with Gasteiger partial charge in [0.1, 0.15) is 11.6 Å². The number of ether oxygens (including phenoxy) is 4. The number of allylic oxidation sites excluding steroid dienone is 1. The molecule has 4 N–H and O–H groups in total. The maximum absolute atomic E-state index is 14.5. The van der Waals surface area contributed by atoms with Crippen LogP contribution in [0.5, 0.6) is 5.75 Å². The van der Waals surface area contributed by atoms with Gasteiger partial charge >= 0.3 is 0 Å². The molecule has 1 unspecified atom stereocenters. The van der Waals surface area contributed by atoms with Gasteiger partial charge < -0.3 is 40.2 Å². The van der Waals surface area contributed by atoms with Gasteiger partial charge in [-0.15, -0.1) is 0 Å². The molecule has 220 valence electrons. The van der Waals surface area contributed by atoms with Crippen molar-refractivity contribution in [2.45, 2.75) is 45.9 Å². The summed E-state index contributed by atoms with van der Waals surface area (Å²) in [5.41, 5.74) is 1.89. The zero-order chi connectivity index (χ0) is 29.3. The quantitative estimate of drug-likeness (QED) is 0.189. The molecular weight excluding hydrogens is 529 g/mol. The fraction of sp³-hybridized carbons (Fsp3) is 0.400. The number of anilines is 3. The maximum Gasteiger partial charge on any atom is 0.282 e. The van der Waals surface area contributed by atoms with Crippen molar-refractivity contribution in [3.8, 4) is 5.75 Å². The van der Waals surface area contributed by atoms with Crippen LogP contribution in [-0.4, -0.2) is 50.8 Å². The summed E-state index contributed by atoms with van der Waals surface area (Å²) in [5, 5.41) is 11.8. The van der Waals surface area contributed by atoms with E-state index >= 15 is 0 Å². The monoisotopic (exact) mass is 567 g/mol. The Bertz CT molecular complexity index is 1250. The van der Waals surface area contributed by atoms with Crippen molar-refractivity contribution >= 4 is 29.2 Å². The highest BCUT2D eigenvalue weighted by atomic mass is 19.1. The third kappa shape index (κ3) is 8.78. The van der Waals surface area contributed by atoms with Crippen molar-refractivity contribution in [3.05, 3.63) is 72.8 Å². The van der Waals surface area contributed by atoms with E-state index in [2.05, 4.69) is 46.7 Å². The molecule has 2 aromatic carbocycles. The van der Waals surface area contributed by atoms with Gasteiger partial charge in [0.15, 0.2) is 12.1 Å². The van der Waals surface area contributed by atoms with E-state index in [1.54, 1.807) is 24.3 Å². The molecule has 1 atom stereocenters. The third-order valence-corrected chi connectivity index (χ3v) is 6.28. The Balaban J connectivity index is 1.21. The minimum absolute atomic E-state index is 0.0169. The summed E-state index contributed by atoms with van der Waals surface area (Å²) in [6.07, 6.45) is 3.01. The second kappa shape index (κ2) is 13.6. The molecule has 1 amide bonds. The number of amides is 1. The number of aliphatic imine (C=N–C) groups is 1. The number of hydrogen-bond donors (Lipinski definition) is 4. The van der Waals surface area contributed by atoms with Gasteiger partial charge in [0, 0.05) is 35.3 Å². The van der Waals surface area contributed by atoms with Gasteiger partial charge in [-0.1, -0.05) is 33.4 Å². The Morgan fingerprint density at radius 2 is 1.88 bits per heavy atom. The third-order valence-electron chi connectivity index (χ3n) is 6.28. The van der Waals surface area contributed by atoms with E-state index in [0.717, 1.165) is 11.9 Å². The molecule has 0 spiro atoms. The topological polar surface area (TPSA) is 114 Å². The number of halogens is 1. The van der Waals surface area contributed by atoms with E-state index in [-0.39, 0.29) is 17.1 Å². The van der Waals surface area contributed by atoms with Crippen molar-refractivity contribution in [3.63, 3.8) is 0 Å². The Morgan fingerprint density at radius 3 is 2.59 bits per heavy atom. The smallest absolute Gasteiger partial charge is 0.282 e. The molecule has 0 saturated carbocycles. The van der Waals surface area contributed by atoms with Crippen LogP contribution in [0, 0.1) is 5.41 Å². The molecule has 4 rings (SSSR count). The fourth-order valence-corrected chi connectivity index (χ4v) is 3.99. The molecule has 0 aliphatic carbocycles. The Morgan fingerprint density at radius 1 is 1.15 bits per heavy atom. The van der Waals surface area contributed by atoms with Crippen LogP contribution in [0.25, 0.3) is 0 Å². The number of carbonyl (C=O) groups excluding carboxylic acids is 1. The molecule has 2 aliphatic rings. The average Bonchev–Trinajstić information content (AvgIpc) is 2.97. The minimum atomic E-state index is -0.973. The molecule has 41 heavy (non-hydrogen) atoms. The summed E-state index contributed by atoms with van der Waals surface area (Å²) in [5.74, 6) is -1.00. The lowest BCUT2D eigenvalue weighted by atomic mass is 9.95. The summed E-state index contributed by atoms with van der Waals surface area (Å²) < 4.78 is 38.0. The van der Waals surface area contributed by atoms with Crippen molar-refractivity contribution < 1.29 is 28.1 Å². The van der Waals surface area contributed by atoms with Gasteiger partial charge in [0.05, 0.1) is 32.6 Å². The second-order valence-corrected chi connectivity index (χ2v) is 10.4. The van der Waals surface area contributed by atoms with Crippen LogP contribution < -0.4 is 26.0 Å². The fourth-order valence-electron chi connectivity index (χ4n) is 3.99. The van der Waals surface area contributed by atoms with Gasteiger partial charge in [-0.25, -0.2) is 9.38 Å². The number of carbonyl (C=O) groups is 1. The van der Waals surface area contributed by atoms with Crippen LogP contribution in [-0.2, 0) is 19.0 Å². The van der Waals surface area contributed by atoms with Crippen LogP contribution in [0.15, 0.2) is 77.8 Å². The number of hydrogen-bond acceptors (Lipinski definition) is 9. The van der Waals surface area contributed by atoms with E-state index in [1.165, 1.54) is 6.08 Å². The largest absolute Gasteiger partial charge is 0.494 e. The molecule has 0 radical (unpaired) electrons. The lowest BCUT2D eigenvalue weighted by Gasteiger charge is -2.42. The summed E-state index contributed by atoms with van der Waals surface area (Å²) in [6, 6.07) is 14.3. The van der Waals surface area contributed by atoms with Crippen LogP contribution in [0.3, 0.4) is 0 Å². The highest BCUT2D eigenvalue weighted by molar-refractivity contribution is 5.99. The number of nitrogens with zero attached hydrogens (tertiary/aromatic N) is 1. The maximum atomic E-state index is 14.5. The van der Waals surface area contributed by atoms with Crippen molar-refractivity contribution in [1.82, 2.24) is 5.32 Å². The summed E-state index contributed by atoms with van der Waals surface area (Å²) in [6.45, 7) is 11.7. The summed E-state index contributed by atoms with van der Waals surface area (Å²) in [4.78, 5) is 15.7. The van der Waals surface area contributed by atoms with Crippen LogP contribution in [0.2, 0.25) is 0 Å². The number of nitrogens with one attached hydrogen (secondary N) is 4. The molecule has 1 fully saturated rings. The van der Waals surface area contributed by atoms with E-state index < -0.39 is 18.1 Å². The molecule has 2 aliphatic heterocycles. The second-order valence-electron chi connectivity index (χ2n) is 10.4. The predicted octanol–water partition coefficient (Wildman–Crippen LogP) is 5.35. The van der Waals surface area contributed by atoms with Crippen LogP contribution >= 0.6 is 0 Å². The van der Waals surface area contributed by atoms with Gasteiger partial charge in [0.25, 0.3) is 5.97 Å². The standard InChI is InChI=1S/C30H38FN5O5/c1-5-26(37)33-22-9-7-10-23(17-22)34-27-25(31)18-32-28(36-27)35-21-11-13-24(14-12-21)38-15-8-16-39-30(6-2)40-19-29(3,4)20-41-30/h5,7,9-14,17-18,28,34-36H,1,6,8,15-16,19-20H2,2-4H3,(H,33,37). The molecule has 1 saturated heterocycles. The Labute approximate surface area is 240 Å². The average molecular weight is 568 g/mol. The molecule has 2 aromatic rings. The van der Waals surface area contributed by atoms with Gasteiger partial charge in [-0.05, 0) is 48.5 Å². The first-order chi connectivity index (χ1) is 19.7. The van der Waals surface area contributed by atoms with Crippen molar-refractivity contribution in [2.75, 3.05) is 42.4 Å². The normalized spacial score (nSPS) is 19.2. The van der Waals surface area contributed by atoms with E-state index in [0.29, 0.717) is 56.4 Å². The molecular formula is C30H38FN5O5.